The fraction of sp³-hybridized carbons (Fsp3) is 0.739. The average Bonchev–Trinajstić information content (AvgIpc) is 2.62. The summed E-state index contributed by atoms with van der Waals surface area (Å²) in [5.74, 6) is 2.80. The summed E-state index contributed by atoms with van der Waals surface area (Å²) in [5.41, 5.74) is 2.46. The smallest absolute Gasteiger partial charge is 0.122 e. The lowest BCUT2D eigenvalue weighted by molar-refractivity contribution is 0.177. The van der Waals surface area contributed by atoms with Gasteiger partial charge < -0.3 is 10.1 Å². The SMILES string of the molecule is CCCCC[C@H]1CC[C@H](COc2ccc(NCCCC)cc2C)CC1. The molecule has 0 aromatic heterocycles. The van der Waals surface area contributed by atoms with Crippen molar-refractivity contribution < 1.29 is 4.74 Å². The van der Waals surface area contributed by atoms with E-state index in [2.05, 4.69) is 44.3 Å². The molecule has 0 unspecified atom stereocenters. The first kappa shape index (κ1) is 20.1. The van der Waals surface area contributed by atoms with Gasteiger partial charge in [0.05, 0.1) is 6.61 Å². The lowest BCUT2D eigenvalue weighted by Gasteiger charge is -2.28. The molecule has 142 valence electrons. The Hall–Kier alpha value is -1.18. The zero-order chi connectivity index (χ0) is 17.9. The van der Waals surface area contributed by atoms with E-state index in [9.17, 15) is 0 Å². The second kappa shape index (κ2) is 11.4. The highest BCUT2D eigenvalue weighted by Crippen LogP contribution is 2.33. The number of anilines is 1. The number of hydrogen-bond acceptors (Lipinski definition) is 2. The van der Waals surface area contributed by atoms with Crippen LogP contribution in [0.2, 0.25) is 0 Å². The zero-order valence-corrected chi connectivity index (χ0v) is 16.8. The van der Waals surface area contributed by atoms with Crippen LogP contribution in [0.3, 0.4) is 0 Å². The molecule has 2 nitrogen and oxygen atoms in total. The Morgan fingerprint density at radius 2 is 1.68 bits per heavy atom. The highest BCUT2D eigenvalue weighted by Gasteiger charge is 2.21. The number of nitrogens with one attached hydrogen (secondary N) is 1. The summed E-state index contributed by atoms with van der Waals surface area (Å²) < 4.78 is 6.16. The summed E-state index contributed by atoms with van der Waals surface area (Å²) in [5, 5.41) is 3.49. The van der Waals surface area contributed by atoms with Crippen molar-refractivity contribution >= 4 is 5.69 Å². The molecule has 0 saturated heterocycles. The van der Waals surface area contributed by atoms with Crippen LogP contribution in [0.15, 0.2) is 18.2 Å². The van der Waals surface area contributed by atoms with Crippen molar-refractivity contribution in [3.63, 3.8) is 0 Å². The van der Waals surface area contributed by atoms with Gasteiger partial charge in [-0.2, -0.15) is 0 Å². The summed E-state index contributed by atoms with van der Waals surface area (Å²) in [7, 11) is 0. The molecule has 1 saturated carbocycles. The molecule has 25 heavy (non-hydrogen) atoms. The molecule has 0 aliphatic heterocycles. The molecule has 0 heterocycles. The predicted molar refractivity (Wildman–Crippen MR) is 110 cm³/mol. The highest BCUT2D eigenvalue weighted by molar-refractivity contribution is 5.50. The van der Waals surface area contributed by atoms with E-state index in [1.165, 1.54) is 75.5 Å². The van der Waals surface area contributed by atoms with E-state index in [1.807, 2.05) is 0 Å². The van der Waals surface area contributed by atoms with Gasteiger partial charge in [-0.15, -0.1) is 0 Å². The van der Waals surface area contributed by atoms with Gasteiger partial charge in [-0.05, 0) is 61.8 Å². The fourth-order valence-electron chi connectivity index (χ4n) is 3.91. The molecule has 2 rings (SSSR count). The quantitative estimate of drug-likeness (QED) is 0.437. The Balaban J connectivity index is 1.69. The van der Waals surface area contributed by atoms with Gasteiger partial charge >= 0.3 is 0 Å². The number of ether oxygens (including phenoxy) is 1. The molecule has 0 atom stereocenters. The van der Waals surface area contributed by atoms with Crippen molar-refractivity contribution in [2.24, 2.45) is 11.8 Å². The lowest BCUT2D eigenvalue weighted by atomic mass is 9.80. The van der Waals surface area contributed by atoms with Gasteiger partial charge in [-0.25, -0.2) is 0 Å². The molecule has 0 bridgehead atoms. The summed E-state index contributed by atoms with van der Waals surface area (Å²) in [4.78, 5) is 0. The van der Waals surface area contributed by atoms with Crippen molar-refractivity contribution in [1.82, 2.24) is 0 Å². The van der Waals surface area contributed by atoms with Crippen molar-refractivity contribution in [1.29, 1.82) is 0 Å². The number of aryl methyl sites for hydroxylation is 1. The second-order valence-electron chi connectivity index (χ2n) is 7.95. The highest BCUT2D eigenvalue weighted by atomic mass is 16.5. The van der Waals surface area contributed by atoms with Gasteiger partial charge in [0, 0.05) is 12.2 Å². The minimum atomic E-state index is 0.754. The minimum Gasteiger partial charge on any atom is -0.493 e. The molecule has 1 aliphatic rings. The van der Waals surface area contributed by atoms with E-state index in [0.29, 0.717) is 0 Å². The van der Waals surface area contributed by atoms with Gasteiger partial charge in [0.1, 0.15) is 5.75 Å². The van der Waals surface area contributed by atoms with Crippen LogP contribution < -0.4 is 10.1 Å². The second-order valence-corrected chi connectivity index (χ2v) is 7.95. The van der Waals surface area contributed by atoms with Crippen molar-refractivity contribution in [2.75, 3.05) is 18.5 Å². The van der Waals surface area contributed by atoms with Crippen LogP contribution in [-0.2, 0) is 0 Å². The van der Waals surface area contributed by atoms with E-state index in [0.717, 1.165) is 30.7 Å². The van der Waals surface area contributed by atoms with Crippen LogP contribution in [-0.4, -0.2) is 13.2 Å². The predicted octanol–water partition coefficient (Wildman–Crippen LogP) is 6.97. The first-order valence-electron chi connectivity index (χ1n) is 10.7. The Bertz CT molecular complexity index is 477. The van der Waals surface area contributed by atoms with Gasteiger partial charge in [-0.1, -0.05) is 58.8 Å². The van der Waals surface area contributed by atoms with Crippen LogP contribution in [0.4, 0.5) is 5.69 Å². The molecule has 0 amide bonds. The van der Waals surface area contributed by atoms with E-state index in [4.69, 9.17) is 4.74 Å². The number of hydrogen-bond donors (Lipinski definition) is 1. The van der Waals surface area contributed by atoms with Gasteiger partial charge in [0.15, 0.2) is 0 Å². The maximum atomic E-state index is 6.16. The molecule has 1 aromatic rings. The number of benzene rings is 1. The standard InChI is InChI=1S/C23H39NO/c1-4-6-8-9-20-10-12-21(13-11-20)18-25-23-15-14-22(17-19(23)3)24-16-7-5-2/h14-15,17,20-21,24H,4-13,16,18H2,1-3H3/t20-,21-. The summed E-state index contributed by atoms with van der Waals surface area (Å²) in [6.07, 6.45) is 13.6. The average molecular weight is 346 g/mol. The van der Waals surface area contributed by atoms with Crippen molar-refractivity contribution in [2.45, 2.75) is 85.0 Å². The third-order valence-electron chi connectivity index (χ3n) is 5.69. The first-order valence-corrected chi connectivity index (χ1v) is 10.7. The Labute approximate surface area is 155 Å². The monoisotopic (exact) mass is 345 g/mol. The molecular formula is C23H39NO. The first-order chi connectivity index (χ1) is 12.2. The largest absolute Gasteiger partial charge is 0.493 e. The molecule has 0 spiro atoms. The van der Waals surface area contributed by atoms with E-state index in [1.54, 1.807) is 0 Å². The Morgan fingerprint density at radius 3 is 2.36 bits per heavy atom. The summed E-state index contributed by atoms with van der Waals surface area (Å²) in [6, 6.07) is 6.51. The maximum Gasteiger partial charge on any atom is 0.122 e. The Morgan fingerprint density at radius 1 is 0.960 bits per heavy atom. The minimum absolute atomic E-state index is 0.754. The third kappa shape index (κ3) is 7.30. The Kier molecular flexibility index (Phi) is 9.21. The summed E-state index contributed by atoms with van der Waals surface area (Å²) >= 11 is 0. The molecule has 1 aliphatic carbocycles. The van der Waals surface area contributed by atoms with Gasteiger partial charge in [0.2, 0.25) is 0 Å². The third-order valence-corrected chi connectivity index (χ3v) is 5.69. The van der Waals surface area contributed by atoms with Crippen LogP contribution in [0.1, 0.15) is 83.6 Å². The summed E-state index contributed by atoms with van der Waals surface area (Å²) in [6.45, 7) is 8.63. The number of unbranched alkanes of at least 4 members (excludes halogenated alkanes) is 3. The molecule has 0 radical (unpaired) electrons. The maximum absolute atomic E-state index is 6.16. The van der Waals surface area contributed by atoms with Crippen molar-refractivity contribution in [3.8, 4) is 5.75 Å². The van der Waals surface area contributed by atoms with Crippen LogP contribution in [0.5, 0.6) is 5.75 Å². The molecule has 2 heteroatoms. The normalized spacial score (nSPS) is 20.4. The van der Waals surface area contributed by atoms with Gasteiger partial charge in [-0.3, -0.25) is 0 Å². The van der Waals surface area contributed by atoms with E-state index >= 15 is 0 Å². The van der Waals surface area contributed by atoms with E-state index in [-0.39, 0.29) is 0 Å². The van der Waals surface area contributed by atoms with Crippen molar-refractivity contribution in [3.05, 3.63) is 23.8 Å². The number of rotatable bonds is 11. The fourth-order valence-corrected chi connectivity index (χ4v) is 3.91. The van der Waals surface area contributed by atoms with Crippen LogP contribution >= 0.6 is 0 Å². The lowest BCUT2D eigenvalue weighted by Crippen LogP contribution is -2.20. The zero-order valence-electron chi connectivity index (χ0n) is 16.8. The van der Waals surface area contributed by atoms with E-state index < -0.39 is 0 Å². The van der Waals surface area contributed by atoms with Crippen LogP contribution in [0, 0.1) is 18.8 Å². The van der Waals surface area contributed by atoms with Gasteiger partial charge in [0.25, 0.3) is 0 Å². The van der Waals surface area contributed by atoms with Crippen LogP contribution in [0.25, 0.3) is 0 Å². The molecular weight excluding hydrogens is 306 g/mol. The molecule has 1 N–H and O–H groups in total. The molecule has 1 aromatic carbocycles. The topological polar surface area (TPSA) is 21.3 Å². The molecule has 1 fully saturated rings.